The van der Waals surface area contributed by atoms with Gasteiger partial charge in [-0.3, -0.25) is 19.2 Å². The molecule has 0 saturated heterocycles. The van der Waals surface area contributed by atoms with Gasteiger partial charge in [0.05, 0.1) is 29.7 Å². The van der Waals surface area contributed by atoms with Crippen LogP contribution >= 0.6 is 0 Å². The summed E-state index contributed by atoms with van der Waals surface area (Å²) >= 11 is 0. The molecule has 0 spiro atoms. The number of anilines is 2. The molecule has 0 aliphatic carbocycles. The highest BCUT2D eigenvalue weighted by Crippen LogP contribution is 2.32. The molecule has 33 heavy (non-hydrogen) atoms. The quantitative estimate of drug-likeness (QED) is 0.374. The first-order valence-corrected chi connectivity index (χ1v) is 11.0. The highest BCUT2D eigenvalue weighted by atomic mass is 32.2. The number of nitro groups is 1. The molecule has 1 N–H and O–H groups in total. The number of methoxy groups -OCH3 is 2. The molecule has 0 bridgehead atoms. The smallest absolute Gasteiger partial charge is 0.271 e. The fourth-order valence-corrected chi connectivity index (χ4v) is 4.47. The first-order valence-electron chi connectivity index (χ1n) is 9.60. The Bertz CT molecular complexity index is 1260. The Morgan fingerprint density at radius 1 is 1.00 bits per heavy atom. The van der Waals surface area contributed by atoms with Crippen LogP contribution in [0.4, 0.5) is 17.1 Å². The molecule has 3 rings (SSSR count). The topological polar surface area (TPSA) is 128 Å². The predicted octanol–water partition coefficient (Wildman–Crippen LogP) is 3.45. The average molecular weight is 471 g/mol. The maximum atomic E-state index is 13.5. The van der Waals surface area contributed by atoms with E-state index in [1.807, 2.05) is 0 Å². The number of amides is 1. The van der Waals surface area contributed by atoms with E-state index in [1.54, 1.807) is 18.2 Å². The van der Waals surface area contributed by atoms with Crippen molar-refractivity contribution >= 4 is 33.0 Å². The van der Waals surface area contributed by atoms with Gasteiger partial charge in [-0.1, -0.05) is 18.2 Å². The number of hydrogen-bond donors (Lipinski definition) is 1. The molecule has 10 nitrogen and oxygen atoms in total. The van der Waals surface area contributed by atoms with Gasteiger partial charge in [-0.15, -0.1) is 0 Å². The van der Waals surface area contributed by atoms with Gasteiger partial charge in [-0.05, 0) is 42.5 Å². The van der Waals surface area contributed by atoms with Gasteiger partial charge < -0.3 is 14.8 Å². The van der Waals surface area contributed by atoms with Crippen LogP contribution in [0.15, 0.2) is 77.7 Å². The number of nitrogens with zero attached hydrogens (tertiary/aromatic N) is 2. The lowest BCUT2D eigenvalue weighted by atomic mass is 10.2. The third-order valence-electron chi connectivity index (χ3n) is 4.63. The van der Waals surface area contributed by atoms with E-state index in [9.17, 15) is 23.3 Å². The normalized spacial score (nSPS) is 10.8. The second-order valence-electron chi connectivity index (χ2n) is 6.71. The number of carbonyl (C=O) groups excluding carboxylic acids is 1. The highest BCUT2D eigenvalue weighted by molar-refractivity contribution is 7.92. The van der Waals surface area contributed by atoms with Crippen molar-refractivity contribution in [2.75, 3.05) is 30.4 Å². The van der Waals surface area contributed by atoms with Gasteiger partial charge in [-0.25, -0.2) is 8.42 Å². The van der Waals surface area contributed by atoms with Gasteiger partial charge in [-0.2, -0.15) is 0 Å². The van der Waals surface area contributed by atoms with Crippen LogP contribution in [-0.4, -0.2) is 40.0 Å². The molecule has 0 fully saturated rings. The molecular weight excluding hydrogens is 450 g/mol. The Balaban J connectivity index is 1.97. The minimum atomic E-state index is -4.19. The van der Waals surface area contributed by atoms with Crippen LogP contribution in [0, 0.1) is 10.1 Å². The van der Waals surface area contributed by atoms with Gasteiger partial charge >= 0.3 is 0 Å². The van der Waals surface area contributed by atoms with E-state index in [0.29, 0.717) is 5.75 Å². The first-order chi connectivity index (χ1) is 15.8. The van der Waals surface area contributed by atoms with E-state index >= 15 is 0 Å². The Morgan fingerprint density at radius 3 is 2.33 bits per heavy atom. The lowest BCUT2D eigenvalue weighted by Crippen LogP contribution is -2.38. The Labute approximate surface area is 190 Å². The lowest BCUT2D eigenvalue weighted by molar-refractivity contribution is -0.384. The van der Waals surface area contributed by atoms with E-state index < -0.39 is 27.4 Å². The van der Waals surface area contributed by atoms with E-state index in [0.717, 1.165) is 4.31 Å². The van der Waals surface area contributed by atoms with E-state index in [4.69, 9.17) is 9.47 Å². The van der Waals surface area contributed by atoms with Crippen LogP contribution in [0.25, 0.3) is 0 Å². The third-order valence-corrected chi connectivity index (χ3v) is 6.40. The average Bonchev–Trinajstić information content (AvgIpc) is 2.82. The molecule has 0 aliphatic heterocycles. The van der Waals surface area contributed by atoms with Crippen molar-refractivity contribution in [2.45, 2.75) is 4.90 Å². The number of rotatable bonds is 9. The third kappa shape index (κ3) is 5.39. The SMILES string of the molecule is COc1ccc(S(=O)(=O)N(CC(=O)Nc2cccc([N+](=O)[O-])c2)c2ccccc2OC)cc1. The van der Waals surface area contributed by atoms with Gasteiger partial charge in [0.1, 0.15) is 18.0 Å². The maximum absolute atomic E-state index is 13.5. The largest absolute Gasteiger partial charge is 0.497 e. The number of non-ortho nitro benzene ring substituents is 1. The minimum Gasteiger partial charge on any atom is -0.497 e. The Morgan fingerprint density at radius 2 is 1.70 bits per heavy atom. The number of hydrogen-bond acceptors (Lipinski definition) is 7. The van der Waals surface area contributed by atoms with Crippen molar-refractivity contribution in [1.29, 1.82) is 0 Å². The van der Waals surface area contributed by atoms with Crippen molar-refractivity contribution in [1.82, 2.24) is 0 Å². The molecule has 0 atom stereocenters. The minimum absolute atomic E-state index is 0.0580. The summed E-state index contributed by atoms with van der Waals surface area (Å²) in [7, 11) is -1.34. The standard InChI is InChI=1S/C22H21N3O7S/c1-31-18-10-12-19(13-11-18)33(29,30)24(20-8-3-4-9-21(20)32-2)15-22(26)23-16-6-5-7-17(14-16)25(27)28/h3-14H,15H2,1-2H3,(H,23,26). The predicted molar refractivity (Wildman–Crippen MR) is 122 cm³/mol. The van der Waals surface area contributed by atoms with Gasteiger partial charge in [0.15, 0.2) is 0 Å². The van der Waals surface area contributed by atoms with Gasteiger partial charge in [0.25, 0.3) is 15.7 Å². The van der Waals surface area contributed by atoms with Crippen LogP contribution in [0.2, 0.25) is 0 Å². The number of nitrogens with one attached hydrogen (secondary N) is 1. The summed E-state index contributed by atoms with van der Waals surface area (Å²) in [6.45, 7) is -0.600. The Hall–Kier alpha value is -4.12. The Kier molecular flexibility index (Phi) is 7.13. The molecule has 1 amide bonds. The first kappa shape index (κ1) is 23.5. The summed E-state index contributed by atoms with van der Waals surface area (Å²) in [5.41, 5.74) is 0.112. The molecule has 0 unspecified atom stereocenters. The number of sulfonamides is 1. The molecule has 0 heterocycles. The van der Waals surface area contributed by atoms with Crippen LogP contribution in [0.5, 0.6) is 11.5 Å². The second kappa shape index (κ2) is 10.0. The zero-order chi connectivity index (χ0) is 24.0. The second-order valence-corrected chi connectivity index (χ2v) is 8.58. The molecule has 0 aromatic heterocycles. The maximum Gasteiger partial charge on any atom is 0.271 e. The number of para-hydroxylation sites is 2. The van der Waals surface area contributed by atoms with Crippen LogP contribution < -0.4 is 19.1 Å². The van der Waals surface area contributed by atoms with Crippen molar-refractivity contribution in [2.24, 2.45) is 0 Å². The van der Waals surface area contributed by atoms with Crippen LogP contribution in [0.3, 0.4) is 0 Å². The number of benzene rings is 3. The van der Waals surface area contributed by atoms with Crippen molar-refractivity contribution in [3.05, 3.63) is 82.9 Å². The molecule has 11 heteroatoms. The summed E-state index contributed by atoms with van der Waals surface area (Å²) in [6.07, 6.45) is 0. The van der Waals surface area contributed by atoms with Gasteiger partial charge in [0.2, 0.25) is 5.91 Å². The lowest BCUT2D eigenvalue weighted by Gasteiger charge is -2.25. The summed E-state index contributed by atoms with van der Waals surface area (Å²) in [5.74, 6) is 0.0254. The summed E-state index contributed by atoms with van der Waals surface area (Å²) in [6, 6.07) is 17.5. The number of ether oxygens (including phenoxy) is 2. The van der Waals surface area contributed by atoms with E-state index in [1.165, 1.54) is 68.8 Å². The number of nitro benzene ring substituents is 1. The summed E-state index contributed by atoms with van der Waals surface area (Å²) in [4.78, 5) is 23.1. The van der Waals surface area contributed by atoms with Gasteiger partial charge in [0, 0.05) is 17.8 Å². The molecule has 172 valence electrons. The zero-order valence-electron chi connectivity index (χ0n) is 17.8. The van der Waals surface area contributed by atoms with E-state index in [-0.39, 0.29) is 27.7 Å². The molecular formula is C22H21N3O7S. The molecule has 0 radical (unpaired) electrons. The zero-order valence-corrected chi connectivity index (χ0v) is 18.6. The molecule has 0 aliphatic rings. The fraction of sp³-hybridized carbons (Fsp3) is 0.136. The van der Waals surface area contributed by atoms with Crippen molar-refractivity contribution in [3.8, 4) is 11.5 Å². The monoisotopic (exact) mass is 471 g/mol. The summed E-state index contributed by atoms with van der Waals surface area (Å²) < 4.78 is 38.3. The highest BCUT2D eigenvalue weighted by Gasteiger charge is 2.29. The molecule has 3 aromatic carbocycles. The van der Waals surface area contributed by atoms with Crippen LogP contribution in [0.1, 0.15) is 0 Å². The fourth-order valence-electron chi connectivity index (χ4n) is 3.04. The molecule has 3 aromatic rings. The number of carbonyl (C=O) groups is 1. The van der Waals surface area contributed by atoms with Crippen molar-refractivity contribution in [3.63, 3.8) is 0 Å². The summed E-state index contributed by atoms with van der Waals surface area (Å²) in [5, 5.41) is 13.5. The van der Waals surface area contributed by atoms with Crippen molar-refractivity contribution < 1.29 is 27.6 Å². The van der Waals surface area contributed by atoms with E-state index in [2.05, 4.69) is 5.32 Å². The van der Waals surface area contributed by atoms with Crippen LogP contribution in [-0.2, 0) is 14.8 Å². The molecule has 0 saturated carbocycles.